The second-order valence-corrected chi connectivity index (χ2v) is 6.33. The zero-order valence-electron chi connectivity index (χ0n) is 13.7. The van der Waals surface area contributed by atoms with E-state index in [2.05, 4.69) is 48.3 Å². The van der Waals surface area contributed by atoms with Crippen molar-refractivity contribution in [1.29, 1.82) is 0 Å². The van der Waals surface area contributed by atoms with Gasteiger partial charge in [-0.3, -0.25) is 0 Å². The number of nitrogens with one attached hydrogen (secondary N) is 1. The van der Waals surface area contributed by atoms with Crippen molar-refractivity contribution in [3.63, 3.8) is 0 Å². The summed E-state index contributed by atoms with van der Waals surface area (Å²) in [6, 6.07) is 11.8. The second kappa shape index (κ2) is 9.93. The molecule has 3 N–H and O–H groups in total. The van der Waals surface area contributed by atoms with Crippen LogP contribution in [0.15, 0.2) is 52.1 Å². The number of rotatable bonds is 4. The lowest BCUT2D eigenvalue weighted by Gasteiger charge is -2.30. The normalized spacial score (nSPS) is 14.8. The van der Waals surface area contributed by atoms with Crippen molar-refractivity contribution in [1.82, 2.24) is 4.98 Å². The fraction of sp³-hybridized carbons (Fsp3) is 0.294. The van der Waals surface area contributed by atoms with Crippen molar-refractivity contribution in [2.45, 2.75) is 6.54 Å². The molecule has 2 heterocycles. The van der Waals surface area contributed by atoms with Crippen molar-refractivity contribution in [2.24, 2.45) is 10.7 Å². The van der Waals surface area contributed by atoms with Crippen LogP contribution in [0.1, 0.15) is 5.56 Å². The molecule has 0 saturated carbocycles. The van der Waals surface area contributed by atoms with Crippen molar-refractivity contribution in [3.05, 3.63) is 52.6 Å². The van der Waals surface area contributed by atoms with E-state index in [1.54, 1.807) is 6.20 Å². The van der Waals surface area contributed by atoms with Crippen LogP contribution < -0.4 is 16.0 Å². The molecule has 0 bridgehead atoms. The highest BCUT2D eigenvalue weighted by Gasteiger charge is 2.15. The van der Waals surface area contributed by atoms with Crippen LogP contribution in [-0.2, 0) is 11.3 Å². The number of benzene rings is 1. The summed E-state index contributed by atoms with van der Waals surface area (Å²) in [6.45, 7) is 3.77. The fourth-order valence-corrected chi connectivity index (χ4v) is 2.90. The number of guanidine groups is 1. The van der Waals surface area contributed by atoms with E-state index in [4.69, 9.17) is 10.5 Å². The molecule has 1 aliphatic rings. The molecule has 0 radical (unpaired) electrons. The number of nitrogens with zero attached hydrogens (tertiary/aromatic N) is 3. The Morgan fingerprint density at radius 3 is 2.80 bits per heavy atom. The van der Waals surface area contributed by atoms with Gasteiger partial charge in [0.05, 0.1) is 19.8 Å². The summed E-state index contributed by atoms with van der Waals surface area (Å²) in [6.07, 6.45) is 1.71. The summed E-state index contributed by atoms with van der Waals surface area (Å²) in [4.78, 5) is 10.9. The Balaban J connectivity index is 0.00000225. The quantitative estimate of drug-likeness (QED) is 0.370. The molecule has 0 amide bonds. The first-order valence-electron chi connectivity index (χ1n) is 7.81. The second-order valence-electron chi connectivity index (χ2n) is 5.41. The molecule has 2 aromatic rings. The molecule has 1 aliphatic heterocycles. The zero-order valence-corrected chi connectivity index (χ0v) is 17.6. The van der Waals surface area contributed by atoms with Gasteiger partial charge in [0.2, 0.25) is 0 Å². The molecule has 1 saturated heterocycles. The molecule has 8 heteroatoms. The summed E-state index contributed by atoms with van der Waals surface area (Å²) in [5.74, 6) is 1.03. The van der Waals surface area contributed by atoms with Gasteiger partial charge >= 0.3 is 0 Å². The van der Waals surface area contributed by atoms with Gasteiger partial charge in [-0.2, -0.15) is 0 Å². The third-order valence-corrected chi connectivity index (χ3v) is 4.23. The monoisotopic (exact) mass is 517 g/mol. The lowest BCUT2D eigenvalue weighted by atomic mass is 10.1. The number of anilines is 2. The molecule has 1 aromatic heterocycles. The third kappa shape index (κ3) is 5.82. The van der Waals surface area contributed by atoms with Gasteiger partial charge in [0.1, 0.15) is 5.82 Å². The van der Waals surface area contributed by atoms with Crippen molar-refractivity contribution >= 4 is 57.4 Å². The van der Waals surface area contributed by atoms with Gasteiger partial charge in [-0.25, -0.2) is 9.98 Å². The number of hydrogen-bond donors (Lipinski definition) is 2. The van der Waals surface area contributed by atoms with Gasteiger partial charge in [-0.15, -0.1) is 24.0 Å². The van der Waals surface area contributed by atoms with E-state index >= 15 is 0 Å². The smallest absolute Gasteiger partial charge is 0.194 e. The van der Waals surface area contributed by atoms with Crippen LogP contribution in [0, 0.1) is 0 Å². The summed E-state index contributed by atoms with van der Waals surface area (Å²) < 4.78 is 6.49. The molecular formula is C17H21BrIN5O. The predicted octanol–water partition coefficient (Wildman–Crippen LogP) is 3.23. The van der Waals surface area contributed by atoms with Gasteiger partial charge in [-0.1, -0.05) is 28.1 Å². The highest BCUT2D eigenvalue weighted by Crippen LogP contribution is 2.26. The Hall–Kier alpha value is -1.39. The molecule has 0 aliphatic carbocycles. The number of pyridine rings is 1. The lowest BCUT2D eigenvalue weighted by Crippen LogP contribution is -2.36. The maximum absolute atomic E-state index is 5.97. The van der Waals surface area contributed by atoms with Crippen LogP contribution in [0.2, 0.25) is 0 Å². The zero-order chi connectivity index (χ0) is 16.8. The molecule has 134 valence electrons. The number of hydrogen-bond acceptors (Lipinski definition) is 4. The van der Waals surface area contributed by atoms with Crippen molar-refractivity contribution in [3.8, 4) is 0 Å². The third-order valence-electron chi connectivity index (χ3n) is 3.74. The lowest BCUT2D eigenvalue weighted by molar-refractivity contribution is 0.122. The first kappa shape index (κ1) is 19.9. The van der Waals surface area contributed by atoms with E-state index in [0.29, 0.717) is 18.3 Å². The highest BCUT2D eigenvalue weighted by molar-refractivity contribution is 14.0. The number of halogens is 2. The topological polar surface area (TPSA) is 75.8 Å². The molecular weight excluding hydrogens is 497 g/mol. The Morgan fingerprint density at radius 1 is 1.28 bits per heavy atom. The number of ether oxygens (including phenoxy) is 1. The first-order valence-corrected chi connectivity index (χ1v) is 8.61. The number of nitrogens with two attached hydrogens (primary N) is 1. The van der Waals surface area contributed by atoms with E-state index in [1.165, 1.54) is 5.69 Å². The summed E-state index contributed by atoms with van der Waals surface area (Å²) in [5.41, 5.74) is 8.27. The van der Waals surface area contributed by atoms with Crippen LogP contribution in [0.25, 0.3) is 0 Å². The van der Waals surface area contributed by atoms with Gasteiger partial charge in [0, 0.05) is 29.4 Å². The minimum absolute atomic E-state index is 0. The van der Waals surface area contributed by atoms with Crippen molar-refractivity contribution in [2.75, 3.05) is 36.5 Å². The number of aliphatic imine (C=N–C) groups is 1. The molecule has 3 rings (SSSR count). The van der Waals surface area contributed by atoms with E-state index < -0.39 is 0 Å². The van der Waals surface area contributed by atoms with Gasteiger partial charge < -0.3 is 20.7 Å². The Bertz CT molecular complexity index is 707. The number of morpholine rings is 1. The maximum Gasteiger partial charge on any atom is 0.194 e. The summed E-state index contributed by atoms with van der Waals surface area (Å²) >= 11 is 3.55. The summed E-state index contributed by atoms with van der Waals surface area (Å²) in [7, 11) is 0. The Kier molecular flexibility index (Phi) is 7.91. The molecule has 0 unspecified atom stereocenters. The minimum Gasteiger partial charge on any atom is -0.378 e. The molecule has 6 nitrogen and oxygen atoms in total. The molecule has 1 aromatic carbocycles. The van der Waals surface area contributed by atoms with E-state index in [0.717, 1.165) is 36.3 Å². The summed E-state index contributed by atoms with van der Waals surface area (Å²) in [5, 5.41) is 3.00. The maximum atomic E-state index is 5.97. The molecule has 0 atom stereocenters. The van der Waals surface area contributed by atoms with Crippen LogP contribution in [-0.4, -0.2) is 37.2 Å². The van der Waals surface area contributed by atoms with Crippen LogP contribution >= 0.6 is 39.9 Å². The van der Waals surface area contributed by atoms with Crippen LogP contribution in [0.5, 0.6) is 0 Å². The fourth-order valence-electron chi connectivity index (χ4n) is 2.55. The van der Waals surface area contributed by atoms with Crippen LogP contribution in [0.3, 0.4) is 0 Å². The molecule has 25 heavy (non-hydrogen) atoms. The Morgan fingerprint density at radius 2 is 2.08 bits per heavy atom. The first-order chi connectivity index (χ1) is 11.7. The predicted molar refractivity (Wildman–Crippen MR) is 116 cm³/mol. The molecule has 0 spiro atoms. The van der Waals surface area contributed by atoms with Gasteiger partial charge in [0.25, 0.3) is 0 Å². The number of aromatic nitrogens is 1. The van der Waals surface area contributed by atoms with E-state index in [9.17, 15) is 0 Å². The SMILES string of the molecule is I.NC(=NCc1ccc(Br)cc1N1CCOCC1)Nc1ccccn1. The average molecular weight is 518 g/mol. The average Bonchev–Trinajstić information content (AvgIpc) is 2.62. The van der Waals surface area contributed by atoms with Gasteiger partial charge in [-0.05, 0) is 29.8 Å². The van der Waals surface area contributed by atoms with Gasteiger partial charge in [0.15, 0.2) is 5.96 Å². The molecule has 1 fully saturated rings. The Labute approximate surface area is 173 Å². The van der Waals surface area contributed by atoms with Crippen molar-refractivity contribution < 1.29 is 4.74 Å². The van der Waals surface area contributed by atoms with E-state index in [-0.39, 0.29) is 24.0 Å². The largest absolute Gasteiger partial charge is 0.378 e. The highest BCUT2D eigenvalue weighted by atomic mass is 127. The van der Waals surface area contributed by atoms with Crippen LogP contribution in [0.4, 0.5) is 11.5 Å². The standard InChI is InChI=1S/C17H20BrN5O.HI/c18-14-5-4-13(15(11-14)23-7-9-24-10-8-23)12-21-17(19)22-16-3-1-2-6-20-16;/h1-6,11H,7-10,12H2,(H3,19,20,21,22);1H. The van der Waals surface area contributed by atoms with E-state index in [1.807, 2.05) is 24.3 Å². The minimum atomic E-state index is 0.